The van der Waals surface area contributed by atoms with Crippen molar-refractivity contribution in [3.63, 3.8) is 0 Å². The van der Waals surface area contributed by atoms with Gasteiger partial charge >= 0.3 is 12.1 Å². The number of hydrogen-bond acceptors (Lipinski definition) is 4. The Labute approximate surface area is 204 Å². The Kier molecular flexibility index (Phi) is 7.15. The highest BCUT2D eigenvalue weighted by atomic mass is 16.5. The van der Waals surface area contributed by atoms with E-state index in [1.54, 1.807) is 25.1 Å². The van der Waals surface area contributed by atoms with Crippen molar-refractivity contribution in [2.45, 2.75) is 38.6 Å². The van der Waals surface area contributed by atoms with Crippen molar-refractivity contribution >= 4 is 23.7 Å². The number of carboxylic acid groups (broad SMARTS) is 1. The highest BCUT2D eigenvalue weighted by Crippen LogP contribution is 2.44. The molecule has 0 saturated carbocycles. The van der Waals surface area contributed by atoms with Crippen LogP contribution in [0.3, 0.4) is 0 Å². The summed E-state index contributed by atoms with van der Waals surface area (Å²) in [6.45, 7) is 3.82. The molecular formula is C28H28N2O5. The number of nitrogens with one attached hydrogen (secondary N) is 2. The molecule has 2 amide bonds. The molecule has 0 bridgehead atoms. The van der Waals surface area contributed by atoms with E-state index in [0.717, 1.165) is 22.3 Å². The molecule has 1 unspecified atom stereocenters. The number of hydrogen-bond donors (Lipinski definition) is 3. The van der Waals surface area contributed by atoms with E-state index in [9.17, 15) is 19.5 Å². The van der Waals surface area contributed by atoms with Crippen LogP contribution in [0.25, 0.3) is 11.1 Å². The number of rotatable bonds is 8. The molecule has 180 valence electrons. The van der Waals surface area contributed by atoms with E-state index in [2.05, 4.69) is 34.9 Å². The third kappa shape index (κ3) is 5.19. The first-order chi connectivity index (χ1) is 16.9. The first-order valence-electron chi connectivity index (χ1n) is 11.6. The zero-order chi connectivity index (χ0) is 24.9. The Hall–Kier alpha value is -4.13. The van der Waals surface area contributed by atoms with Crippen LogP contribution in [0.2, 0.25) is 0 Å². The lowest BCUT2D eigenvalue weighted by molar-refractivity contribution is -0.139. The molecule has 0 aliphatic heterocycles. The fraction of sp³-hybridized carbons (Fsp3) is 0.250. The molecule has 3 aromatic carbocycles. The molecule has 0 fully saturated rings. The van der Waals surface area contributed by atoms with Gasteiger partial charge in [0.15, 0.2) is 0 Å². The molecule has 1 aliphatic carbocycles. The number of aliphatic carboxylic acids is 1. The van der Waals surface area contributed by atoms with Gasteiger partial charge in [-0.05, 0) is 59.4 Å². The lowest BCUT2D eigenvalue weighted by atomic mass is 9.98. The molecule has 0 heterocycles. The minimum absolute atomic E-state index is 0.0365. The molecule has 4 rings (SSSR count). The minimum Gasteiger partial charge on any atom is -0.480 e. The van der Waals surface area contributed by atoms with E-state index in [1.807, 2.05) is 31.2 Å². The fourth-order valence-electron chi connectivity index (χ4n) is 4.48. The highest BCUT2D eigenvalue weighted by molar-refractivity contribution is 5.97. The van der Waals surface area contributed by atoms with Crippen LogP contribution in [0.15, 0.2) is 66.7 Å². The summed E-state index contributed by atoms with van der Waals surface area (Å²) in [6, 6.07) is 20.1. The lowest BCUT2D eigenvalue weighted by Crippen LogP contribution is -2.40. The van der Waals surface area contributed by atoms with Crippen molar-refractivity contribution in [3.05, 3.63) is 89.0 Å². The van der Waals surface area contributed by atoms with Crippen LogP contribution in [0, 0.1) is 6.92 Å². The van der Waals surface area contributed by atoms with Gasteiger partial charge < -0.3 is 15.2 Å². The maximum Gasteiger partial charge on any atom is 0.411 e. The van der Waals surface area contributed by atoms with Crippen molar-refractivity contribution in [1.29, 1.82) is 0 Å². The maximum atomic E-state index is 12.6. The van der Waals surface area contributed by atoms with Gasteiger partial charge in [0, 0.05) is 17.2 Å². The molecule has 3 N–H and O–H groups in total. The molecule has 7 heteroatoms. The second-order valence-corrected chi connectivity index (χ2v) is 8.63. The number of amides is 2. The van der Waals surface area contributed by atoms with Crippen LogP contribution >= 0.6 is 0 Å². The lowest BCUT2D eigenvalue weighted by Gasteiger charge is -2.16. The number of carbonyl (C=O) groups is 3. The summed E-state index contributed by atoms with van der Waals surface area (Å²) < 4.78 is 5.59. The minimum atomic E-state index is -1.06. The van der Waals surface area contributed by atoms with Crippen molar-refractivity contribution in [2.75, 3.05) is 11.9 Å². The van der Waals surface area contributed by atoms with Gasteiger partial charge in [0.25, 0.3) is 5.91 Å². The third-order valence-corrected chi connectivity index (χ3v) is 6.25. The molecule has 1 atom stereocenters. The second-order valence-electron chi connectivity index (χ2n) is 8.63. The van der Waals surface area contributed by atoms with Crippen molar-refractivity contribution < 1.29 is 24.2 Å². The summed E-state index contributed by atoms with van der Waals surface area (Å²) in [7, 11) is 0. The topological polar surface area (TPSA) is 105 Å². The molecule has 3 aromatic rings. The monoisotopic (exact) mass is 472 g/mol. The molecule has 0 spiro atoms. The van der Waals surface area contributed by atoms with Crippen LogP contribution in [0.5, 0.6) is 0 Å². The molecule has 0 radical (unpaired) electrons. The van der Waals surface area contributed by atoms with E-state index in [-0.39, 0.29) is 12.5 Å². The van der Waals surface area contributed by atoms with Gasteiger partial charge in [-0.1, -0.05) is 61.9 Å². The molecular weight excluding hydrogens is 444 g/mol. The van der Waals surface area contributed by atoms with Gasteiger partial charge in [0.05, 0.1) is 0 Å². The van der Waals surface area contributed by atoms with E-state index < -0.39 is 24.0 Å². The quantitative estimate of drug-likeness (QED) is 0.411. The Balaban J connectivity index is 1.39. The fourth-order valence-corrected chi connectivity index (χ4v) is 4.48. The zero-order valence-electron chi connectivity index (χ0n) is 19.7. The van der Waals surface area contributed by atoms with E-state index in [1.165, 1.54) is 0 Å². The summed E-state index contributed by atoms with van der Waals surface area (Å²) >= 11 is 0. The normalized spacial score (nSPS) is 12.9. The number of anilines is 1. The summed E-state index contributed by atoms with van der Waals surface area (Å²) in [4.78, 5) is 36.4. The van der Waals surface area contributed by atoms with Gasteiger partial charge in [-0.15, -0.1) is 0 Å². The highest BCUT2D eigenvalue weighted by Gasteiger charge is 2.29. The average molecular weight is 473 g/mol. The summed E-state index contributed by atoms with van der Waals surface area (Å²) in [5.41, 5.74) is 6.09. The van der Waals surface area contributed by atoms with Crippen LogP contribution in [0.1, 0.15) is 52.7 Å². The van der Waals surface area contributed by atoms with Crippen molar-refractivity contribution in [2.24, 2.45) is 0 Å². The molecule has 35 heavy (non-hydrogen) atoms. The average Bonchev–Trinajstić information content (AvgIpc) is 3.17. The maximum absolute atomic E-state index is 12.6. The van der Waals surface area contributed by atoms with Crippen LogP contribution in [0.4, 0.5) is 10.5 Å². The van der Waals surface area contributed by atoms with Gasteiger partial charge in [0.2, 0.25) is 0 Å². The van der Waals surface area contributed by atoms with Gasteiger partial charge in [-0.3, -0.25) is 10.1 Å². The SMILES string of the molecule is CCCC(NC(=O)c1ccc(NC(=O)OCC2c3ccccc3-c3ccccc32)c(C)c1)C(=O)O. The first-order valence-corrected chi connectivity index (χ1v) is 11.6. The molecule has 0 saturated heterocycles. The van der Waals surface area contributed by atoms with Crippen LogP contribution < -0.4 is 10.6 Å². The number of fused-ring (bicyclic) bond motifs is 3. The Morgan fingerprint density at radius 2 is 1.60 bits per heavy atom. The van der Waals surface area contributed by atoms with Gasteiger partial charge in [-0.2, -0.15) is 0 Å². The number of carbonyl (C=O) groups excluding carboxylic acids is 2. The van der Waals surface area contributed by atoms with Crippen molar-refractivity contribution in [1.82, 2.24) is 5.32 Å². The number of ether oxygens (including phenoxy) is 1. The van der Waals surface area contributed by atoms with Crippen LogP contribution in [-0.2, 0) is 9.53 Å². The largest absolute Gasteiger partial charge is 0.480 e. The van der Waals surface area contributed by atoms with E-state index in [4.69, 9.17) is 4.74 Å². The van der Waals surface area contributed by atoms with E-state index >= 15 is 0 Å². The second kappa shape index (κ2) is 10.4. The molecule has 7 nitrogen and oxygen atoms in total. The zero-order valence-corrected chi connectivity index (χ0v) is 19.7. The standard InChI is InChI=1S/C28H28N2O5/c1-3-8-25(27(32)33)29-26(31)18-13-14-24(17(2)15-18)30-28(34)35-16-23-21-11-6-4-9-19(21)20-10-5-7-12-22(20)23/h4-7,9-15,23,25H,3,8,16H2,1-2H3,(H,29,31)(H,30,34)(H,32,33). The van der Waals surface area contributed by atoms with E-state index in [0.29, 0.717) is 29.7 Å². The molecule has 1 aliphatic rings. The van der Waals surface area contributed by atoms with Gasteiger partial charge in [-0.25, -0.2) is 9.59 Å². The van der Waals surface area contributed by atoms with Gasteiger partial charge in [0.1, 0.15) is 12.6 Å². The first kappa shape index (κ1) is 24.0. The third-order valence-electron chi connectivity index (χ3n) is 6.25. The Morgan fingerprint density at radius 1 is 0.971 bits per heavy atom. The Bertz CT molecular complexity index is 1220. The summed E-state index contributed by atoms with van der Waals surface area (Å²) in [5, 5.41) is 14.5. The predicted molar refractivity (Wildman–Crippen MR) is 134 cm³/mol. The van der Waals surface area contributed by atoms with Crippen LogP contribution in [-0.4, -0.2) is 35.7 Å². The number of benzene rings is 3. The van der Waals surface area contributed by atoms with Crippen molar-refractivity contribution in [3.8, 4) is 11.1 Å². The number of aryl methyl sites for hydroxylation is 1. The predicted octanol–water partition coefficient (Wildman–Crippen LogP) is 5.34. The molecule has 0 aromatic heterocycles. The smallest absolute Gasteiger partial charge is 0.411 e. The summed E-state index contributed by atoms with van der Waals surface area (Å²) in [6.07, 6.45) is 0.404. The Morgan fingerprint density at radius 3 is 2.17 bits per heavy atom. The summed E-state index contributed by atoms with van der Waals surface area (Å²) in [5.74, 6) is -1.57. The number of carboxylic acids is 1.